The molecule has 1 aromatic rings. The second-order valence-electron chi connectivity index (χ2n) is 7.85. The zero-order valence-corrected chi connectivity index (χ0v) is 20.9. The van der Waals surface area contributed by atoms with Crippen molar-refractivity contribution in [1.82, 2.24) is 20.5 Å². The SMILES string of the molecule is CCNC(=NCCc1csc(CC)n1)NC1CCN(C(=O)C2CCCCC2)C1.I. The Morgan fingerprint density at radius 2 is 2.07 bits per heavy atom. The van der Waals surface area contributed by atoms with Crippen LogP contribution in [0.5, 0.6) is 0 Å². The third kappa shape index (κ3) is 7.38. The van der Waals surface area contributed by atoms with Gasteiger partial charge in [0.05, 0.1) is 10.7 Å². The molecule has 1 saturated carbocycles. The fourth-order valence-electron chi connectivity index (χ4n) is 4.11. The Morgan fingerprint density at radius 1 is 1.28 bits per heavy atom. The van der Waals surface area contributed by atoms with Crippen LogP contribution in [0.15, 0.2) is 10.4 Å². The van der Waals surface area contributed by atoms with Gasteiger partial charge in [-0.15, -0.1) is 35.3 Å². The van der Waals surface area contributed by atoms with Crippen molar-refractivity contribution < 1.29 is 4.79 Å². The van der Waals surface area contributed by atoms with E-state index in [1.54, 1.807) is 11.3 Å². The number of hydrogen-bond acceptors (Lipinski definition) is 4. The molecule has 2 heterocycles. The average Bonchev–Trinajstić information content (AvgIpc) is 3.38. The molecule has 0 aromatic carbocycles. The molecule has 1 atom stereocenters. The summed E-state index contributed by atoms with van der Waals surface area (Å²) in [5.41, 5.74) is 1.13. The number of guanidine groups is 1. The summed E-state index contributed by atoms with van der Waals surface area (Å²) in [4.78, 5) is 24.2. The van der Waals surface area contributed by atoms with E-state index in [0.29, 0.717) is 5.91 Å². The molecule has 2 fully saturated rings. The maximum absolute atomic E-state index is 12.8. The van der Waals surface area contributed by atoms with Gasteiger partial charge >= 0.3 is 0 Å². The highest BCUT2D eigenvalue weighted by Crippen LogP contribution is 2.26. The molecule has 164 valence electrons. The van der Waals surface area contributed by atoms with E-state index in [0.717, 1.165) is 69.9 Å². The van der Waals surface area contributed by atoms with Crippen molar-refractivity contribution >= 4 is 47.2 Å². The fourth-order valence-corrected chi connectivity index (χ4v) is 4.89. The first-order valence-corrected chi connectivity index (χ1v) is 11.8. The molecular formula is C21H36IN5OS. The first-order valence-electron chi connectivity index (χ1n) is 11.0. The number of hydrogen-bond donors (Lipinski definition) is 2. The van der Waals surface area contributed by atoms with Crippen LogP contribution in [0.3, 0.4) is 0 Å². The molecule has 1 saturated heterocycles. The Morgan fingerprint density at radius 3 is 2.76 bits per heavy atom. The number of likely N-dealkylation sites (tertiary alicyclic amines) is 1. The summed E-state index contributed by atoms with van der Waals surface area (Å²) in [6.45, 7) is 7.44. The standard InChI is InChI=1S/C21H35N5OS.HI/c1-3-19-24-18(15-28-19)10-12-23-21(22-4-2)25-17-11-13-26(14-17)20(27)16-8-6-5-7-9-16;/h15-17H,3-14H2,1-2H3,(H2,22,23,25);1H. The highest BCUT2D eigenvalue weighted by atomic mass is 127. The maximum Gasteiger partial charge on any atom is 0.225 e. The van der Waals surface area contributed by atoms with Gasteiger partial charge in [-0.05, 0) is 32.6 Å². The molecule has 29 heavy (non-hydrogen) atoms. The van der Waals surface area contributed by atoms with Crippen LogP contribution in [0.4, 0.5) is 0 Å². The number of nitrogens with zero attached hydrogens (tertiary/aromatic N) is 3. The third-order valence-corrected chi connectivity index (χ3v) is 6.72. The summed E-state index contributed by atoms with van der Waals surface area (Å²) >= 11 is 1.73. The molecule has 1 aromatic heterocycles. The fraction of sp³-hybridized carbons (Fsp3) is 0.762. The van der Waals surface area contributed by atoms with Crippen LogP contribution >= 0.6 is 35.3 Å². The van der Waals surface area contributed by atoms with E-state index in [1.807, 2.05) is 0 Å². The zero-order valence-electron chi connectivity index (χ0n) is 17.8. The second kappa shape index (κ2) is 12.7. The van der Waals surface area contributed by atoms with Crippen LogP contribution < -0.4 is 10.6 Å². The number of carbonyl (C=O) groups excluding carboxylic acids is 1. The van der Waals surface area contributed by atoms with Crippen molar-refractivity contribution in [1.29, 1.82) is 0 Å². The number of aromatic nitrogens is 1. The summed E-state index contributed by atoms with van der Waals surface area (Å²) in [6, 6.07) is 0.288. The number of aliphatic imine (C=N–C) groups is 1. The van der Waals surface area contributed by atoms with E-state index < -0.39 is 0 Å². The van der Waals surface area contributed by atoms with Crippen LogP contribution in [0.1, 0.15) is 63.1 Å². The quantitative estimate of drug-likeness (QED) is 0.319. The number of nitrogens with one attached hydrogen (secondary N) is 2. The topological polar surface area (TPSA) is 69.6 Å². The maximum atomic E-state index is 12.8. The van der Waals surface area contributed by atoms with E-state index in [9.17, 15) is 4.79 Å². The highest BCUT2D eigenvalue weighted by Gasteiger charge is 2.31. The zero-order chi connectivity index (χ0) is 19.8. The molecule has 8 heteroatoms. The first kappa shape index (κ1) is 24.4. The number of halogens is 1. The van der Waals surface area contributed by atoms with Crippen molar-refractivity contribution in [3.8, 4) is 0 Å². The summed E-state index contributed by atoms with van der Waals surface area (Å²) < 4.78 is 0. The van der Waals surface area contributed by atoms with Crippen LogP contribution in [-0.2, 0) is 17.6 Å². The Balaban J connectivity index is 0.00000300. The molecule has 1 aliphatic carbocycles. The Labute approximate surface area is 196 Å². The van der Waals surface area contributed by atoms with Gasteiger partial charge in [0, 0.05) is 49.9 Å². The van der Waals surface area contributed by atoms with Gasteiger partial charge in [0.2, 0.25) is 5.91 Å². The molecule has 2 aliphatic rings. The molecular weight excluding hydrogens is 497 g/mol. The number of aryl methyl sites for hydroxylation is 1. The largest absolute Gasteiger partial charge is 0.357 e. The number of amides is 1. The Kier molecular flexibility index (Phi) is 10.7. The van der Waals surface area contributed by atoms with E-state index >= 15 is 0 Å². The molecule has 3 rings (SSSR count). The lowest BCUT2D eigenvalue weighted by atomic mass is 9.88. The van der Waals surface area contributed by atoms with Crippen molar-refractivity contribution in [2.45, 2.75) is 71.3 Å². The molecule has 1 aliphatic heterocycles. The Hall–Kier alpha value is -0.900. The van der Waals surface area contributed by atoms with Gasteiger partial charge < -0.3 is 15.5 Å². The molecule has 0 spiro atoms. The lowest BCUT2D eigenvalue weighted by molar-refractivity contribution is -0.135. The highest BCUT2D eigenvalue weighted by molar-refractivity contribution is 14.0. The van der Waals surface area contributed by atoms with Crippen LogP contribution in [0.25, 0.3) is 0 Å². The molecule has 0 radical (unpaired) electrons. The summed E-state index contributed by atoms with van der Waals surface area (Å²) in [5.74, 6) is 1.49. The van der Waals surface area contributed by atoms with Crippen molar-refractivity contribution in [2.24, 2.45) is 10.9 Å². The van der Waals surface area contributed by atoms with Crippen molar-refractivity contribution in [2.75, 3.05) is 26.2 Å². The van der Waals surface area contributed by atoms with Gasteiger partial charge in [-0.2, -0.15) is 0 Å². The Bertz CT molecular complexity index is 659. The van der Waals surface area contributed by atoms with E-state index in [2.05, 4.69) is 39.7 Å². The van der Waals surface area contributed by atoms with Crippen LogP contribution in [0.2, 0.25) is 0 Å². The number of thiazole rings is 1. The predicted octanol–water partition coefficient (Wildman–Crippen LogP) is 3.60. The lowest BCUT2D eigenvalue weighted by Crippen LogP contribution is -2.45. The third-order valence-electron chi connectivity index (χ3n) is 5.68. The van der Waals surface area contributed by atoms with Gasteiger partial charge in [-0.1, -0.05) is 26.2 Å². The average molecular weight is 534 g/mol. The first-order chi connectivity index (χ1) is 13.7. The van der Waals surface area contributed by atoms with Crippen LogP contribution in [0, 0.1) is 5.92 Å². The van der Waals surface area contributed by atoms with Crippen molar-refractivity contribution in [3.63, 3.8) is 0 Å². The number of rotatable bonds is 7. The summed E-state index contributed by atoms with van der Waals surface area (Å²) in [7, 11) is 0. The molecule has 2 N–H and O–H groups in total. The molecule has 0 bridgehead atoms. The van der Waals surface area contributed by atoms with Crippen molar-refractivity contribution in [3.05, 3.63) is 16.1 Å². The van der Waals surface area contributed by atoms with Gasteiger partial charge in [0.25, 0.3) is 0 Å². The summed E-state index contributed by atoms with van der Waals surface area (Å²) in [6.07, 6.45) is 8.72. The van der Waals surface area contributed by atoms with Gasteiger partial charge in [-0.25, -0.2) is 4.98 Å². The predicted molar refractivity (Wildman–Crippen MR) is 131 cm³/mol. The smallest absolute Gasteiger partial charge is 0.225 e. The van der Waals surface area contributed by atoms with Gasteiger partial charge in [0.15, 0.2) is 5.96 Å². The van der Waals surface area contributed by atoms with Gasteiger partial charge in [0.1, 0.15) is 0 Å². The minimum atomic E-state index is 0. The van der Waals surface area contributed by atoms with E-state index in [1.165, 1.54) is 24.3 Å². The normalized spacial score (nSPS) is 20.4. The summed E-state index contributed by atoms with van der Waals surface area (Å²) in [5, 5.41) is 10.2. The van der Waals surface area contributed by atoms with E-state index in [4.69, 9.17) is 4.99 Å². The molecule has 1 unspecified atom stereocenters. The minimum Gasteiger partial charge on any atom is -0.357 e. The van der Waals surface area contributed by atoms with E-state index in [-0.39, 0.29) is 35.9 Å². The monoisotopic (exact) mass is 533 g/mol. The number of carbonyl (C=O) groups is 1. The minimum absolute atomic E-state index is 0. The van der Waals surface area contributed by atoms with Crippen LogP contribution in [-0.4, -0.2) is 54.0 Å². The van der Waals surface area contributed by atoms with Gasteiger partial charge in [-0.3, -0.25) is 9.79 Å². The second-order valence-corrected chi connectivity index (χ2v) is 8.79. The lowest BCUT2D eigenvalue weighted by Gasteiger charge is -2.26. The molecule has 6 nitrogen and oxygen atoms in total. The molecule has 1 amide bonds.